The summed E-state index contributed by atoms with van der Waals surface area (Å²) in [6, 6.07) is -0.918. The number of quaternary nitrogens is 1. The number of unbranched alkanes of at least 4 members (excludes halogenated alkanes) is 23. The van der Waals surface area contributed by atoms with Crippen LogP contribution >= 0.6 is 7.82 Å². The normalized spacial score (nSPS) is 14.7. The van der Waals surface area contributed by atoms with Gasteiger partial charge in [0.25, 0.3) is 7.82 Å². The van der Waals surface area contributed by atoms with Gasteiger partial charge in [-0.2, -0.15) is 0 Å². The summed E-state index contributed by atoms with van der Waals surface area (Å²) >= 11 is 0. The molecule has 0 heterocycles. The lowest BCUT2D eigenvalue weighted by molar-refractivity contribution is -0.870. The molecule has 350 valence electrons. The fourth-order valence-corrected chi connectivity index (χ4v) is 7.47. The van der Waals surface area contributed by atoms with Crippen molar-refractivity contribution in [3.63, 3.8) is 0 Å². The highest BCUT2D eigenvalue weighted by molar-refractivity contribution is 7.45. The summed E-state index contributed by atoms with van der Waals surface area (Å²) in [7, 11) is 1.22. The van der Waals surface area contributed by atoms with Gasteiger partial charge in [0.2, 0.25) is 5.91 Å². The minimum absolute atomic E-state index is 0.0141. The van der Waals surface area contributed by atoms with Crippen molar-refractivity contribution in [2.75, 3.05) is 40.9 Å². The topological polar surface area (TPSA) is 108 Å². The first-order valence-electron chi connectivity index (χ1n) is 24.7. The Morgan fingerprint density at radius 1 is 0.583 bits per heavy atom. The van der Waals surface area contributed by atoms with Crippen molar-refractivity contribution in [1.82, 2.24) is 5.32 Å². The molecular weight excluding hydrogens is 768 g/mol. The van der Waals surface area contributed by atoms with Gasteiger partial charge in [0, 0.05) is 6.42 Å². The largest absolute Gasteiger partial charge is 0.756 e. The van der Waals surface area contributed by atoms with E-state index in [-0.39, 0.29) is 12.5 Å². The van der Waals surface area contributed by atoms with E-state index >= 15 is 0 Å². The monoisotopic (exact) mass is 863 g/mol. The number of allylic oxidation sites excluding steroid dienone is 9. The molecule has 0 spiro atoms. The number of phosphoric acid groups is 1. The second-order valence-electron chi connectivity index (χ2n) is 17.8. The summed E-state index contributed by atoms with van der Waals surface area (Å²) in [4.78, 5) is 25.3. The van der Waals surface area contributed by atoms with Crippen molar-refractivity contribution in [2.45, 2.75) is 219 Å². The van der Waals surface area contributed by atoms with Crippen molar-refractivity contribution in [3.8, 4) is 0 Å². The molecular formula is C51H95N2O6P. The number of hydrogen-bond donors (Lipinski definition) is 2. The number of nitrogens with zero attached hydrogens (tertiary/aromatic N) is 1. The molecule has 0 aliphatic rings. The molecule has 0 radical (unpaired) electrons. The molecule has 9 heteroatoms. The van der Waals surface area contributed by atoms with E-state index < -0.39 is 26.6 Å². The highest BCUT2D eigenvalue weighted by Gasteiger charge is 2.23. The van der Waals surface area contributed by atoms with Gasteiger partial charge in [-0.3, -0.25) is 9.36 Å². The number of likely N-dealkylation sites (N-methyl/N-ethyl adjacent to an activating group) is 1. The minimum Gasteiger partial charge on any atom is -0.756 e. The molecule has 0 aromatic carbocycles. The molecule has 1 amide bonds. The number of amides is 1. The van der Waals surface area contributed by atoms with E-state index in [1.165, 1.54) is 109 Å². The maximum Gasteiger partial charge on any atom is 0.268 e. The van der Waals surface area contributed by atoms with E-state index in [0.717, 1.165) is 77.0 Å². The van der Waals surface area contributed by atoms with Gasteiger partial charge < -0.3 is 28.8 Å². The Morgan fingerprint density at radius 2 is 1.02 bits per heavy atom. The molecule has 3 atom stereocenters. The van der Waals surface area contributed by atoms with Gasteiger partial charge in [-0.15, -0.1) is 0 Å². The molecule has 0 bridgehead atoms. The van der Waals surface area contributed by atoms with E-state index in [4.69, 9.17) is 9.05 Å². The fraction of sp³-hybridized carbons (Fsp3) is 0.784. The quantitative estimate of drug-likeness (QED) is 0.0273. The minimum atomic E-state index is -4.61. The Hall–Kier alpha value is -1.80. The van der Waals surface area contributed by atoms with Crippen LogP contribution in [0, 0.1) is 0 Å². The van der Waals surface area contributed by atoms with Crippen molar-refractivity contribution < 1.29 is 32.9 Å². The molecule has 2 N–H and O–H groups in total. The standard InChI is InChI=1S/C51H95N2O6P/c1-6-8-10-12-14-16-18-20-21-22-23-24-25-26-27-28-29-30-31-33-34-36-38-40-42-44-50(54)49(48-59-60(56,57)58-47-46-53(3,4)5)52-51(55)45-43-41-39-37-35-32-19-17-15-13-11-9-7-2/h11,13,17,19,29-30,34,36,42,44,49-50,54H,6-10,12,14-16,18,20-28,31-33,35,37-41,43,45-48H2,1-5H3,(H-,52,55,56,57)/b13-11-,19-17-,30-29+,36-34+,44-42+. The number of aliphatic hydroxyl groups excluding tert-OH is 1. The first-order chi connectivity index (χ1) is 29.0. The van der Waals surface area contributed by atoms with Gasteiger partial charge in [-0.05, 0) is 70.6 Å². The summed E-state index contributed by atoms with van der Waals surface area (Å²) in [6.45, 7) is 4.54. The van der Waals surface area contributed by atoms with Crippen molar-refractivity contribution in [2.24, 2.45) is 0 Å². The molecule has 0 rings (SSSR count). The Morgan fingerprint density at radius 3 is 1.52 bits per heavy atom. The third kappa shape index (κ3) is 44.3. The van der Waals surface area contributed by atoms with Crippen LogP contribution in [0.2, 0.25) is 0 Å². The molecule has 0 aromatic rings. The third-order valence-electron chi connectivity index (χ3n) is 10.7. The number of rotatable bonds is 44. The Bertz CT molecular complexity index is 1160. The molecule has 0 aliphatic carbocycles. The number of carbonyl (C=O) groups excluding carboxylic acids is 1. The number of hydrogen-bond acceptors (Lipinski definition) is 6. The van der Waals surface area contributed by atoms with E-state index in [9.17, 15) is 19.4 Å². The first-order valence-corrected chi connectivity index (χ1v) is 26.1. The number of phosphoric ester groups is 1. The van der Waals surface area contributed by atoms with Gasteiger partial charge in [0.15, 0.2) is 0 Å². The predicted molar refractivity (Wildman–Crippen MR) is 256 cm³/mol. The molecule has 60 heavy (non-hydrogen) atoms. The smallest absolute Gasteiger partial charge is 0.268 e. The number of carbonyl (C=O) groups is 1. The maximum absolute atomic E-state index is 12.8. The van der Waals surface area contributed by atoms with Gasteiger partial charge in [0.1, 0.15) is 13.2 Å². The Kier molecular flexibility index (Phi) is 41.2. The summed E-state index contributed by atoms with van der Waals surface area (Å²) in [5.74, 6) is -0.228. The van der Waals surface area contributed by atoms with Crippen LogP contribution in [0.15, 0.2) is 60.8 Å². The zero-order chi connectivity index (χ0) is 44.3. The summed E-state index contributed by atoms with van der Waals surface area (Å²) in [5, 5.41) is 13.8. The predicted octanol–water partition coefficient (Wildman–Crippen LogP) is 13.6. The van der Waals surface area contributed by atoms with E-state index in [0.29, 0.717) is 17.4 Å². The zero-order valence-electron chi connectivity index (χ0n) is 39.6. The highest BCUT2D eigenvalue weighted by Crippen LogP contribution is 2.38. The highest BCUT2D eigenvalue weighted by atomic mass is 31.2. The molecule has 3 unspecified atom stereocenters. The zero-order valence-corrected chi connectivity index (χ0v) is 40.5. The van der Waals surface area contributed by atoms with Crippen LogP contribution in [0.4, 0.5) is 0 Å². The van der Waals surface area contributed by atoms with Crippen molar-refractivity contribution in [3.05, 3.63) is 60.8 Å². The van der Waals surface area contributed by atoms with Crippen LogP contribution in [0.5, 0.6) is 0 Å². The van der Waals surface area contributed by atoms with Gasteiger partial charge in [-0.1, -0.05) is 190 Å². The van der Waals surface area contributed by atoms with Crippen LogP contribution in [-0.2, 0) is 18.4 Å². The molecule has 0 saturated heterocycles. The summed E-state index contributed by atoms with van der Waals surface area (Å²) in [6.07, 6.45) is 55.8. The Balaban J connectivity index is 4.37. The van der Waals surface area contributed by atoms with Crippen molar-refractivity contribution in [1.29, 1.82) is 0 Å². The average Bonchev–Trinajstić information content (AvgIpc) is 3.20. The second kappa shape index (κ2) is 42.5. The summed E-state index contributed by atoms with van der Waals surface area (Å²) < 4.78 is 23.2. The van der Waals surface area contributed by atoms with Crippen LogP contribution in [-0.4, -0.2) is 68.5 Å². The molecule has 0 aromatic heterocycles. The SMILES string of the molecule is CCC/C=C\C/C=C\CCCCCCCC(=O)NC(COP(=O)([O-])OCC[N+](C)(C)C)C(O)/C=C/CC/C=C/CC/C=C/CCCCCCCCCCCCCCCCC. The van der Waals surface area contributed by atoms with Crippen molar-refractivity contribution >= 4 is 13.7 Å². The van der Waals surface area contributed by atoms with Crippen LogP contribution in [0.3, 0.4) is 0 Å². The second-order valence-corrected chi connectivity index (χ2v) is 19.2. The Labute approximate surface area is 371 Å². The lowest BCUT2D eigenvalue weighted by Gasteiger charge is -2.29. The molecule has 0 aliphatic heterocycles. The molecule has 0 saturated carbocycles. The van der Waals surface area contributed by atoms with E-state index in [2.05, 4.69) is 67.8 Å². The van der Waals surface area contributed by atoms with Gasteiger partial charge in [0.05, 0.1) is 39.9 Å². The summed E-state index contributed by atoms with van der Waals surface area (Å²) in [5.41, 5.74) is 0. The first kappa shape index (κ1) is 58.2. The third-order valence-corrected chi connectivity index (χ3v) is 11.6. The van der Waals surface area contributed by atoms with E-state index in [1.807, 2.05) is 27.2 Å². The molecule has 0 fully saturated rings. The van der Waals surface area contributed by atoms with Gasteiger partial charge >= 0.3 is 0 Å². The van der Waals surface area contributed by atoms with Gasteiger partial charge in [-0.25, -0.2) is 0 Å². The van der Waals surface area contributed by atoms with Crippen LogP contribution < -0.4 is 10.2 Å². The lowest BCUT2D eigenvalue weighted by Crippen LogP contribution is -2.45. The van der Waals surface area contributed by atoms with E-state index in [1.54, 1.807) is 6.08 Å². The number of nitrogens with one attached hydrogen (secondary N) is 1. The van der Waals surface area contributed by atoms with Crippen LogP contribution in [0.1, 0.15) is 206 Å². The lowest BCUT2D eigenvalue weighted by atomic mass is 10.0. The average molecular weight is 863 g/mol. The maximum atomic E-state index is 12.8. The molecule has 8 nitrogen and oxygen atoms in total. The number of aliphatic hydroxyl groups is 1. The fourth-order valence-electron chi connectivity index (χ4n) is 6.75. The van der Waals surface area contributed by atoms with Crippen LogP contribution in [0.25, 0.3) is 0 Å².